The zero-order valence-corrected chi connectivity index (χ0v) is 14.3. The van der Waals surface area contributed by atoms with Crippen LogP contribution in [0.1, 0.15) is 24.5 Å². The normalized spacial score (nSPS) is 19.8. The lowest BCUT2D eigenvalue weighted by Crippen LogP contribution is -2.39. The average Bonchev–Trinajstić information content (AvgIpc) is 3.24. The van der Waals surface area contributed by atoms with Gasteiger partial charge in [0.15, 0.2) is 0 Å². The molecule has 1 aliphatic rings. The van der Waals surface area contributed by atoms with E-state index in [-0.39, 0.29) is 10.8 Å². The molecule has 1 fully saturated rings. The van der Waals surface area contributed by atoms with Crippen LogP contribution < -0.4 is 0 Å². The predicted octanol–water partition coefficient (Wildman–Crippen LogP) is 2.51. The van der Waals surface area contributed by atoms with E-state index in [1.54, 1.807) is 12.3 Å². The molecule has 4 heterocycles. The van der Waals surface area contributed by atoms with Crippen molar-refractivity contribution in [3.05, 3.63) is 41.4 Å². The Balaban J connectivity index is 1.70. The van der Waals surface area contributed by atoms with Crippen molar-refractivity contribution in [1.82, 2.24) is 24.5 Å². The maximum absolute atomic E-state index is 13.1. The molecule has 4 rings (SSSR count). The summed E-state index contributed by atoms with van der Waals surface area (Å²) in [4.78, 5) is 7.26. The number of halogens is 1. The molecule has 0 aromatic carbocycles. The van der Waals surface area contributed by atoms with Gasteiger partial charge in [-0.1, -0.05) is 11.6 Å². The summed E-state index contributed by atoms with van der Waals surface area (Å²) in [6, 6.07) is 3.53. The Morgan fingerprint density at radius 3 is 3.04 bits per heavy atom. The second-order valence-corrected chi connectivity index (χ2v) is 8.26. The summed E-state index contributed by atoms with van der Waals surface area (Å²) in [5, 5.41) is 7.84. The van der Waals surface area contributed by atoms with Gasteiger partial charge in [-0.3, -0.25) is 5.10 Å². The van der Waals surface area contributed by atoms with E-state index < -0.39 is 10.0 Å². The first kappa shape index (κ1) is 15.6. The second kappa shape index (κ2) is 5.87. The molecule has 0 bridgehead atoms. The lowest BCUT2D eigenvalue weighted by Gasteiger charge is -2.31. The highest BCUT2D eigenvalue weighted by molar-refractivity contribution is 7.89. The number of rotatable bonds is 3. The van der Waals surface area contributed by atoms with Crippen LogP contribution in [0.4, 0.5) is 0 Å². The molecule has 2 N–H and O–H groups in total. The SMILES string of the molecule is O=S(=O)(c1c[nH]c2ncc(Cl)cc12)N1CCCC(c2ccn[nH]2)C1. The Bertz CT molecular complexity index is 967. The molecule has 0 amide bonds. The summed E-state index contributed by atoms with van der Waals surface area (Å²) in [5.41, 5.74) is 1.48. The molecular formula is C15H16ClN5O2S. The predicted molar refractivity (Wildman–Crippen MR) is 90.4 cm³/mol. The molecule has 1 unspecified atom stereocenters. The van der Waals surface area contributed by atoms with Gasteiger partial charge in [0.1, 0.15) is 10.5 Å². The highest BCUT2D eigenvalue weighted by Crippen LogP contribution is 2.32. The maximum atomic E-state index is 13.1. The van der Waals surface area contributed by atoms with E-state index in [1.807, 2.05) is 6.07 Å². The van der Waals surface area contributed by atoms with Crippen LogP contribution in [-0.2, 0) is 10.0 Å². The van der Waals surface area contributed by atoms with Gasteiger partial charge in [-0.15, -0.1) is 0 Å². The van der Waals surface area contributed by atoms with Crippen molar-refractivity contribution < 1.29 is 8.42 Å². The zero-order valence-electron chi connectivity index (χ0n) is 12.7. The fraction of sp³-hybridized carbons (Fsp3) is 0.333. The van der Waals surface area contributed by atoms with Gasteiger partial charge < -0.3 is 4.98 Å². The average molecular weight is 366 g/mol. The molecule has 0 spiro atoms. The van der Waals surface area contributed by atoms with E-state index in [2.05, 4.69) is 20.2 Å². The molecule has 9 heteroatoms. The Morgan fingerprint density at radius 1 is 1.38 bits per heavy atom. The quantitative estimate of drug-likeness (QED) is 0.745. The first-order chi connectivity index (χ1) is 11.6. The van der Waals surface area contributed by atoms with Crippen LogP contribution in [0.5, 0.6) is 0 Å². The van der Waals surface area contributed by atoms with Crippen LogP contribution in [0.15, 0.2) is 35.6 Å². The third-order valence-electron chi connectivity index (χ3n) is 4.42. The van der Waals surface area contributed by atoms with Gasteiger partial charge in [0.25, 0.3) is 0 Å². The number of aromatic nitrogens is 4. The van der Waals surface area contributed by atoms with E-state index in [0.29, 0.717) is 29.1 Å². The first-order valence-corrected chi connectivity index (χ1v) is 9.49. The van der Waals surface area contributed by atoms with Crippen molar-refractivity contribution in [2.75, 3.05) is 13.1 Å². The number of piperidine rings is 1. The number of sulfonamides is 1. The first-order valence-electron chi connectivity index (χ1n) is 7.68. The van der Waals surface area contributed by atoms with Gasteiger partial charge in [0, 0.05) is 48.7 Å². The molecular weight excluding hydrogens is 350 g/mol. The van der Waals surface area contributed by atoms with E-state index in [1.165, 1.54) is 16.7 Å². The minimum absolute atomic E-state index is 0.128. The number of hydrogen-bond acceptors (Lipinski definition) is 4. The number of fused-ring (bicyclic) bond motifs is 1. The van der Waals surface area contributed by atoms with Crippen LogP contribution in [0.3, 0.4) is 0 Å². The number of hydrogen-bond donors (Lipinski definition) is 2. The minimum atomic E-state index is -3.62. The molecule has 0 radical (unpaired) electrons. The van der Waals surface area contributed by atoms with Crippen molar-refractivity contribution in [1.29, 1.82) is 0 Å². The fourth-order valence-electron chi connectivity index (χ4n) is 3.21. The third-order valence-corrected chi connectivity index (χ3v) is 6.54. The van der Waals surface area contributed by atoms with E-state index >= 15 is 0 Å². The van der Waals surface area contributed by atoms with Crippen LogP contribution in [0.25, 0.3) is 11.0 Å². The van der Waals surface area contributed by atoms with Gasteiger partial charge in [-0.05, 0) is 25.0 Å². The van der Waals surface area contributed by atoms with Gasteiger partial charge in [-0.25, -0.2) is 13.4 Å². The van der Waals surface area contributed by atoms with Gasteiger partial charge in [0.05, 0.1) is 5.02 Å². The molecule has 3 aromatic heterocycles. The lowest BCUT2D eigenvalue weighted by molar-refractivity contribution is 0.313. The summed E-state index contributed by atoms with van der Waals surface area (Å²) < 4.78 is 27.7. The summed E-state index contributed by atoms with van der Waals surface area (Å²) in [6.07, 6.45) is 6.42. The Labute approximate surface area is 144 Å². The highest BCUT2D eigenvalue weighted by atomic mass is 35.5. The maximum Gasteiger partial charge on any atom is 0.245 e. The van der Waals surface area contributed by atoms with E-state index in [0.717, 1.165) is 18.5 Å². The summed E-state index contributed by atoms with van der Waals surface area (Å²) in [5.74, 6) is 0.128. The number of aromatic amines is 2. The van der Waals surface area contributed by atoms with Crippen molar-refractivity contribution in [3.63, 3.8) is 0 Å². The minimum Gasteiger partial charge on any atom is -0.345 e. The topological polar surface area (TPSA) is 94.7 Å². The summed E-state index contributed by atoms with van der Waals surface area (Å²) in [6.45, 7) is 0.943. The molecule has 3 aromatic rings. The summed E-state index contributed by atoms with van der Waals surface area (Å²) >= 11 is 5.98. The summed E-state index contributed by atoms with van der Waals surface area (Å²) in [7, 11) is -3.62. The number of nitrogens with zero attached hydrogens (tertiary/aromatic N) is 3. The van der Waals surface area contributed by atoms with Gasteiger partial charge >= 0.3 is 0 Å². The molecule has 1 saturated heterocycles. The number of nitrogens with one attached hydrogen (secondary N) is 2. The highest BCUT2D eigenvalue weighted by Gasteiger charge is 2.33. The zero-order chi connectivity index (χ0) is 16.7. The Kier molecular flexibility index (Phi) is 3.82. The van der Waals surface area contributed by atoms with E-state index in [4.69, 9.17) is 11.6 Å². The molecule has 126 valence electrons. The smallest absolute Gasteiger partial charge is 0.245 e. The largest absolute Gasteiger partial charge is 0.345 e. The number of H-pyrrole nitrogens is 2. The lowest BCUT2D eigenvalue weighted by atomic mass is 9.96. The molecule has 1 atom stereocenters. The van der Waals surface area contributed by atoms with E-state index in [9.17, 15) is 8.42 Å². The molecule has 7 nitrogen and oxygen atoms in total. The van der Waals surface area contributed by atoms with Crippen molar-refractivity contribution >= 4 is 32.7 Å². The van der Waals surface area contributed by atoms with Gasteiger partial charge in [-0.2, -0.15) is 9.40 Å². The van der Waals surface area contributed by atoms with Crippen LogP contribution in [0.2, 0.25) is 5.02 Å². The molecule has 0 aliphatic carbocycles. The molecule has 1 aliphatic heterocycles. The Morgan fingerprint density at radius 2 is 2.25 bits per heavy atom. The van der Waals surface area contributed by atoms with Gasteiger partial charge in [0.2, 0.25) is 10.0 Å². The molecule has 0 saturated carbocycles. The second-order valence-electron chi connectivity index (χ2n) is 5.92. The fourth-order valence-corrected chi connectivity index (χ4v) is 5.04. The van der Waals surface area contributed by atoms with Crippen LogP contribution >= 0.6 is 11.6 Å². The van der Waals surface area contributed by atoms with Crippen LogP contribution in [-0.4, -0.2) is 46.0 Å². The standard InChI is InChI=1S/C15H16ClN5O2S/c16-11-6-12-14(8-18-15(12)17-7-11)24(22,23)21-5-1-2-10(9-21)13-3-4-19-20-13/h3-4,6-8,10H,1-2,5,9H2,(H,17,18)(H,19,20). The molecule has 24 heavy (non-hydrogen) atoms. The Hall–Kier alpha value is -1.90. The van der Waals surface area contributed by atoms with Crippen molar-refractivity contribution in [3.8, 4) is 0 Å². The monoisotopic (exact) mass is 365 g/mol. The van der Waals surface area contributed by atoms with Crippen molar-refractivity contribution in [2.24, 2.45) is 0 Å². The number of pyridine rings is 1. The third kappa shape index (κ3) is 2.60. The van der Waals surface area contributed by atoms with Crippen LogP contribution in [0, 0.1) is 0 Å². The van der Waals surface area contributed by atoms with Crippen molar-refractivity contribution in [2.45, 2.75) is 23.7 Å².